The molecule has 0 radical (unpaired) electrons. The highest BCUT2D eigenvalue weighted by atomic mass is 35.5. The van der Waals surface area contributed by atoms with E-state index in [1.54, 1.807) is 6.07 Å². The third-order valence-corrected chi connectivity index (χ3v) is 2.33. The second-order valence-electron chi connectivity index (χ2n) is 3.04. The lowest BCUT2D eigenvalue weighted by Crippen LogP contribution is -2.04. The van der Waals surface area contributed by atoms with E-state index in [1.807, 2.05) is 0 Å². The number of carbonyl (C=O) groups is 1. The zero-order chi connectivity index (χ0) is 11.7. The predicted molar refractivity (Wildman–Crippen MR) is 55.5 cm³/mol. The highest BCUT2D eigenvalue weighted by molar-refractivity contribution is 6.33. The summed E-state index contributed by atoms with van der Waals surface area (Å²) in [7, 11) is 0. The molecule has 0 unspecified atom stereocenters. The van der Waals surface area contributed by atoms with E-state index in [1.165, 1.54) is 17.1 Å². The average molecular weight is 241 g/mol. The maximum atomic E-state index is 13.5. The van der Waals surface area contributed by atoms with Gasteiger partial charge in [0.25, 0.3) is 0 Å². The van der Waals surface area contributed by atoms with Gasteiger partial charge in [-0.05, 0) is 18.2 Å². The minimum absolute atomic E-state index is 0.0480. The van der Waals surface area contributed by atoms with Gasteiger partial charge in [-0.1, -0.05) is 11.6 Å². The summed E-state index contributed by atoms with van der Waals surface area (Å²) in [6.45, 7) is 0. The van der Waals surface area contributed by atoms with Crippen LogP contribution in [0.4, 0.5) is 4.39 Å². The van der Waals surface area contributed by atoms with Gasteiger partial charge < -0.3 is 5.11 Å². The van der Waals surface area contributed by atoms with Crippen LogP contribution in [0.2, 0.25) is 5.02 Å². The van der Waals surface area contributed by atoms with Gasteiger partial charge in [-0.2, -0.15) is 5.10 Å². The molecule has 0 aliphatic carbocycles. The highest BCUT2D eigenvalue weighted by Crippen LogP contribution is 2.22. The molecule has 0 saturated carbocycles. The number of carboxylic acid groups (broad SMARTS) is 1. The fourth-order valence-electron chi connectivity index (χ4n) is 1.29. The molecule has 0 aliphatic heterocycles. The maximum absolute atomic E-state index is 13.5. The molecule has 0 fully saturated rings. The number of aromatic nitrogens is 2. The molecule has 6 heteroatoms. The molecule has 0 bridgehead atoms. The van der Waals surface area contributed by atoms with E-state index in [4.69, 9.17) is 16.7 Å². The highest BCUT2D eigenvalue weighted by Gasteiger charge is 2.14. The van der Waals surface area contributed by atoms with Crippen molar-refractivity contribution in [2.24, 2.45) is 0 Å². The Morgan fingerprint density at radius 2 is 2.25 bits per heavy atom. The molecule has 82 valence electrons. The van der Waals surface area contributed by atoms with Crippen molar-refractivity contribution >= 4 is 17.6 Å². The van der Waals surface area contributed by atoms with Crippen LogP contribution in [0, 0.1) is 5.82 Å². The van der Waals surface area contributed by atoms with Crippen LogP contribution in [0.5, 0.6) is 0 Å². The third kappa shape index (κ3) is 1.77. The lowest BCUT2D eigenvalue weighted by molar-refractivity contribution is 0.0697. The molecule has 16 heavy (non-hydrogen) atoms. The number of rotatable bonds is 2. The van der Waals surface area contributed by atoms with Gasteiger partial charge in [0.15, 0.2) is 0 Å². The zero-order valence-electron chi connectivity index (χ0n) is 7.89. The Balaban J connectivity index is 2.63. The van der Waals surface area contributed by atoms with E-state index in [0.717, 1.165) is 12.1 Å². The first-order chi connectivity index (χ1) is 7.59. The summed E-state index contributed by atoms with van der Waals surface area (Å²) in [5.41, 5.74) is -0.111. The van der Waals surface area contributed by atoms with Crippen LogP contribution in [0.15, 0.2) is 30.6 Å². The largest absolute Gasteiger partial charge is 0.478 e. The smallest absolute Gasteiger partial charge is 0.337 e. The number of benzene rings is 1. The standard InChI is InChI=1S/C10H6ClFN2O2/c11-7-5-8(12)9(4-6(7)10(15)16)14-3-1-2-13-14/h1-5H,(H,15,16). The fourth-order valence-corrected chi connectivity index (χ4v) is 1.52. The Hall–Kier alpha value is -1.88. The lowest BCUT2D eigenvalue weighted by atomic mass is 10.2. The van der Waals surface area contributed by atoms with Crippen LogP contribution >= 0.6 is 11.6 Å². The van der Waals surface area contributed by atoms with Crippen molar-refractivity contribution in [3.8, 4) is 5.69 Å². The second kappa shape index (κ2) is 3.94. The van der Waals surface area contributed by atoms with Crippen molar-refractivity contribution in [3.63, 3.8) is 0 Å². The molecule has 4 nitrogen and oxygen atoms in total. The molecule has 0 atom stereocenters. The van der Waals surface area contributed by atoms with Crippen LogP contribution in [0.25, 0.3) is 5.69 Å². The van der Waals surface area contributed by atoms with Crippen LogP contribution < -0.4 is 0 Å². The van der Waals surface area contributed by atoms with E-state index in [2.05, 4.69) is 5.10 Å². The molecule has 1 N–H and O–H groups in total. The Labute approximate surface area is 94.9 Å². The van der Waals surface area contributed by atoms with Crippen molar-refractivity contribution < 1.29 is 14.3 Å². The van der Waals surface area contributed by atoms with Crippen LogP contribution in [0.1, 0.15) is 10.4 Å². The predicted octanol–water partition coefficient (Wildman–Crippen LogP) is 2.36. The minimum Gasteiger partial charge on any atom is -0.478 e. The normalized spacial score (nSPS) is 10.4. The topological polar surface area (TPSA) is 55.1 Å². The van der Waals surface area contributed by atoms with Gasteiger partial charge in [0.05, 0.1) is 10.6 Å². The molecular formula is C10H6ClFN2O2. The van der Waals surface area contributed by atoms with Gasteiger partial charge in [0, 0.05) is 12.4 Å². The number of carboxylic acids is 1. The third-order valence-electron chi connectivity index (χ3n) is 2.02. The number of hydrogen-bond donors (Lipinski definition) is 1. The van der Waals surface area contributed by atoms with Crippen molar-refractivity contribution in [1.29, 1.82) is 0 Å². The number of nitrogens with zero attached hydrogens (tertiary/aromatic N) is 2. The molecular weight excluding hydrogens is 235 g/mol. The summed E-state index contributed by atoms with van der Waals surface area (Å²) in [5, 5.41) is 12.5. The van der Waals surface area contributed by atoms with Crippen molar-refractivity contribution in [2.45, 2.75) is 0 Å². The van der Waals surface area contributed by atoms with Gasteiger partial charge in [-0.3, -0.25) is 0 Å². The Morgan fingerprint density at radius 1 is 1.50 bits per heavy atom. The van der Waals surface area contributed by atoms with E-state index < -0.39 is 11.8 Å². The molecule has 0 saturated heterocycles. The first-order valence-corrected chi connectivity index (χ1v) is 4.70. The summed E-state index contributed by atoms with van der Waals surface area (Å²) in [6.07, 6.45) is 2.98. The second-order valence-corrected chi connectivity index (χ2v) is 3.45. The van der Waals surface area contributed by atoms with Crippen LogP contribution in [-0.2, 0) is 0 Å². The summed E-state index contributed by atoms with van der Waals surface area (Å²) >= 11 is 5.61. The quantitative estimate of drug-likeness (QED) is 0.877. The van der Waals surface area contributed by atoms with Gasteiger partial charge in [-0.15, -0.1) is 0 Å². The van der Waals surface area contributed by atoms with E-state index in [9.17, 15) is 9.18 Å². The molecule has 1 heterocycles. The van der Waals surface area contributed by atoms with E-state index in [0.29, 0.717) is 0 Å². The van der Waals surface area contributed by atoms with Crippen molar-refractivity contribution in [3.05, 3.63) is 47.0 Å². The number of aromatic carboxylic acids is 1. The van der Waals surface area contributed by atoms with Gasteiger partial charge in [0.1, 0.15) is 11.5 Å². The molecule has 1 aromatic carbocycles. The molecule has 1 aromatic heterocycles. The minimum atomic E-state index is -1.21. The zero-order valence-corrected chi connectivity index (χ0v) is 8.65. The molecule has 2 rings (SSSR count). The number of hydrogen-bond acceptors (Lipinski definition) is 2. The Bertz CT molecular complexity index is 540. The number of halogens is 2. The lowest BCUT2D eigenvalue weighted by Gasteiger charge is -2.06. The van der Waals surface area contributed by atoms with Crippen LogP contribution in [-0.4, -0.2) is 20.9 Å². The first kappa shape index (κ1) is 10.6. The van der Waals surface area contributed by atoms with Gasteiger partial charge in [0.2, 0.25) is 0 Å². The summed E-state index contributed by atoms with van der Waals surface area (Å²) in [5.74, 6) is -1.84. The van der Waals surface area contributed by atoms with Gasteiger partial charge in [-0.25, -0.2) is 13.9 Å². The van der Waals surface area contributed by atoms with E-state index in [-0.39, 0.29) is 16.3 Å². The van der Waals surface area contributed by atoms with Crippen molar-refractivity contribution in [2.75, 3.05) is 0 Å². The molecule has 0 aliphatic rings. The summed E-state index contributed by atoms with van der Waals surface area (Å²) in [4.78, 5) is 10.8. The van der Waals surface area contributed by atoms with Gasteiger partial charge >= 0.3 is 5.97 Å². The first-order valence-electron chi connectivity index (χ1n) is 4.32. The monoisotopic (exact) mass is 240 g/mol. The maximum Gasteiger partial charge on any atom is 0.337 e. The molecule has 0 amide bonds. The average Bonchev–Trinajstić information content (AvgIpc) is 2.70. The van der Waals surface area contributed by atoms with E-state index >= 15 is 0 Å². The van der Waals surface area contributed by atoms with Crippen LogP contribution in [0.3, 0.4) is 0 Å². The Kier molecular flexibility index (Phi) is 2.62. The Morgan fingerprint density at radius 3 is 2.81 bits per heavy atom. The summed E-state index contributed by atoms with van der Waals surface area (Å²) in [6, 6.07) is 3.71. The SMILES string of the molecule is O=C(O)c1cc(-n2cccn2)c(F)cc1Cl. The fraction of sp³-hybridized carbons (Fsp3) is 0. The molecule has 2 aromatic rings. The summed E-state index contributed by atoms with van der Waals surface area (Å²) < 4.78 is 14.8. The molecule has 0 spiro atoms. The van der Waals surface area contributed by atoms with Crippen molar-refractivity contribution in [1.82, 2.24) is 9.78 Å².